The summed E-state index contributed by atoms with van der Waals surface area (Å²) in [5.41, 5.74) is -0.581. The minimum absolute atomic E-state index is 0.00563. The van der Waals surface area contributed by atoms with Crippen LogP contribution < -0.4 is 14.4 Å². The minimum Gasteiger partial charge on any atom is -0.508 e. The molecule has 0 bridgehead atoms. The highest BCUT2D eigenvalue weighted by Crippen LogP contribution is 2.50. The Labute approximate surface area is 299 Å². The zero-order chi connectivity index (χ0) is 36.2. The Bertz CT molecular complexity index is 2060. The molecule has 4 aliphatic rings. The zero-order valence-electron chi connectivity index (χ0n) is 29.1. The van der Waals surface area contributed by atoms with Crippen molar-refractivity contribution in [1.82, 2.24) is 19.9 Å². The highest BCUT2D eigenvalue weighted by molar-refractivity contribution is 6.04. The number of pyridine rings is 1. The van der Waals surface area contributed by atoms with E-state index in [0.717, 1.165) is 38.6 Å². The van der Waals surface area contributed by atoms with Gasteiger partial charge in [0.2, 0.25) is 11.8 Å². The molecule has 274 valence electrons. The summed E-state index contributed by atoms with van der Waals surface area (Å²) in [7, 11) is 1.41. The summed E-state index contributed by atoms with van der Waals surface area (Å²) in [5.74, 6) is -1.47. The number of hydrogen-bond acceptors (Lipinski definition) is 9. The number of halogens is 4. The van der Waals surface area contributed by atoms with Gasteiger partial charge in [-0.3, -0.25) is 4.90 Å². The molecule has 2 aromatic carbocycles. The van der Waals surface area contributed by atoms with Gasteiger partial charge in [-0.05, 0) is 68.2 Å². The molecule has 2 aromatic heterocycles. The number of aromatic hydroxyl groups is 1. The number of phenols is 1. The summed E-state index contributed by atoms with van der Waals surface area (Å²) in [4.78, 5) is 18.5. The number of anilines is 1. The van der Waals surface area contributed by atoms with E-state index in [1.165, 1.54) is 31.4 Å². The van der Waals surface area contributed by atoms with E-state index in [4.69, 9.17) is 25.6 Å². The first kappa shape index (κ1) is 34.7. The average molecular weight is 720 g/mol. The number of phenolic OH excluding ortho intramolecular Hbond substituents is 1. The molecule has 2 saturated heterocycles. The summed E-state index contributed by atoms with van der Waals surface area (Å²) in [6.07, 6.45) is 11.1. The van der Waals surface area contributed by atoms with Crippen LogP contribution in [0.4, 0.5) is 23.4 Å². The highest BCUT2D eigenvalue weighted by atomic mass is 19.3. The van der Waals surface area contributed by atoms with E-state index >= 15 is 4.39 Å². The molecule has 0 radical (unpaired) electrons. The molecule has 4 fully saturated rings. The Morgan fingerprint density at radius 1 is 1.02 bits per heavy atom. The molecule has 2 aliphatic heterocycles. The van der Waals surface area contributed by atoms with E-state index in [-0.39, 0.29) is 81.0 Å². The fourth-order valence-corrected chi connectivity index (χ4v) is 9.12. The van der Waals surface area contributed by atoms with Gasteiger partial charge in [0.1, 0.15) is 34.0 Å². The van der Waals surface area contributed by atoms with Gasteiger partial charge >= 0.3 is 6.01 Å². The predicted molar refractivity (Wildman–Crippen MR) is 188 cm³/mol. The van der Waals surface area contributed by atoms with E-state index in [1.807, 2.05) is 4.90 Å². The van der Waals surface area contributed by atoms with Crippen molar-refractivity contribution in [1.29, 1.82) is 0 Å². The monoisotopic (exact) mass is 719 g/mol. The largest absolute Gasteiger partial charge is 0.508 e. The van der Waals surface area contributed by atoms with Gasteiger partial charge in [0.25, 0.3) is 0 Å². The van der Waals surface area contributed by atoms with E-state index in [0.29, 0.717) is 57.1 Å². The van der Waals surface area contributed by atoms with Crippen molar-refractivity contribution in [2.24, 2.45) is 11.3 Å². The molecule has 0 unspecified atom stereocenters. The number of likely N-dealkylation sites (tertiary alicyclic amines) is 1. The smallest absolute Gasteiger partial charge is 0.319 e. The van der Waals surface area contributed by atoms with Crippen LogP contribution in [-0.2, 0) is 4.74 Å². The average Bonchev–Trinajstić information content (AvgIpc) is 3.37. The molecule has 2 atom stereocenters. The fourth-order valence-electron chi connectivity index (χ4n) is 9.12. The Morgan fingerprint density at radius 2 is 1.85 bits per heavy atom. The number of aromatic nitrogens is 3. The van der Waals surface area contributed by atoms with Crippen molar-refractivity contribution in [2.75, 3.05) is 58.0 Å². The topological polar surface area (TPSA) is 93.1 Å². The second-order valence-corrected chi connectivity index (χ2v) is 14.7. The number of hydrogen-bond donors (Lipinski definition) is 1. The van der Waals surface area contributed by atoms with Crippen molar-refractivity contribution in [2.45, 2.75) is 63.3 Å². The van der Waals surface area contributed by atoms with Crippen molar-refractivity contribution in [3.63, 3.8) is 0 Å². The van der Waals surface area contributed by atoms with E-state index in [2.05, 4.69) is 20.8 Å². The number of fused-ring (bicyclic) bond motifs is 3. The number of rotatable bonds is 8. The summed E-state index contributed by atoms with van der Waals surface area (Å²) < 4.78 is 77.5. The number of alkyl halides is 2. The lowest BCUT2D eigenvalue weighted by atomic mass is 9.74. The van der Waals surface area contributed by atoms with E-state index < -0.39 is 17.6 Å². The van der Waals surface area contributed by atoms with Crippen LogP contribution in [0.5, 0.6) is 17.6 Å². The summed E-state index contributed by atoms with van der Waals surface area (Å²) in [6.45, 7) is 3.86. The SMILES string of the molecule is C#Cc1c(F)ccc2cc(O)cc(-c3nc(OC)c4c(N5CCCOCC5)nc(OC[C@]56CCC[C@H]5N(CC5CC(F)(F)C5)CCC6)nc4c3F)c12. The lowest BCUT2D eigenvalue weighted by Crippen LogP contribution is -2.54. The summed E-state index contributed by atoms with van der Waals surface area (Å²) in [6, 6.07) is 5.55. The number of terminal acetylenes is 1. The maximum Gasteiger partial charge on any atom is 0.319 e. The molecule has 4 heterocycles. The van der Waals surface area contributed by atoms with Gasteiger partial charge in [0, 0.05) is 61.5 Å². The van der Waals surface area contributed by atoms with Gasteiger partial charge in [0.15, 0.2) is 5.82 Å². The van der Waals surface area contributed by atoms with Gasteiger partial charge in [-0.15, -0.1) is 6.42 Å². The first-order chi connectivity index (χ1) is 25.1. The first-order valence-electron chi connectivity index (χ1n) is 18.0. The second-order valence-electron chi connectivity index (χ2n) is 14.7. The Hall–Kier alpha value is -4.41. The van der Waals surface area contributed by atoms with Gasteiger partial charge < -0.3 is 24.2 Å². The van der Waals surface area contributed by atoms with E-state index in [1.54, 1.807) is 0 Å². The van der Waals surface area contributed by atoms with Crippen LogP contribution >= 0.6 is 0 Å². The fraction of sp³-hybridized carbons (Fsp3) is 0.513. The number of nitrogens with zero attached hydrogens (tertiary/aromatic N) is 5. The molecule has 1 N–H and O–H groups in total. The second kappa shape index (κ2) is 13.5. The van der Waals surface area contributed by atoms with Crippen molar-refractivity contribution in [3.8, 4) is 41.2 Å². The van der Waals surface area contributed by atoms with Crippen molar-refractivity contribution < 1.29 is 36.9 Å². The Morgan fingerprint density at radius 3 is 2.63 bits per heavy atom. The number of benzene rings is 2. The van der Waals surface area contributed by atoms with Crippen molar-refractivity contribution >= 4 is 27.5 Å². The molecule has 0 spiro atoms. The molecule has 8 rings (SSSR count). The normalized spacial score (nSPS) is 23.6. The maximum absolute atomic E-state index is 17.2. The van der Waals surface area contributed by atoms with Gasteiger partial charge in [-0.2, -0.15) is 9.97 Å². The van der Waals surface area contributed by atoms with Crippen molar-refractivity contribution in [3.05, 3.63) is 41.5 Å². The minimum atomic E-state index is -2.55. The summed E-state index contributed by atoms with van der Waals surface area (Å²) >= 11 is 0. The predicted octanol–water partition coefficient (Wildman–Crippen LogP) is 7.10. The third kappa shape index (κ3) is 6.13. The maximum atomic E-state index is 17.2. The van der Waals surface area contributed by atoms with Gasteiger partial charge in [-0.25, -0.2) is 22.5 Å². The molecule has 2 saturated carbocycles. The molecule has 0 amide bonds. The highest BCUT2D eigenvalue weighted by Gasteiger charge is 2.51. The molecular weight excluding hydrogens is 678 g/mol. The third-order valence-electron chi connectivity index (χ3n) is 11.5. The lowest BCUT2D eigenvalue weighted by Gasteiger charge is -2.48. The standard InChI is InChI=1S/C39H41F4N5O4/c1-3-26-28(40)9-8-24-17-25(49)18-27(30(24)26)33-32(41)34-31(36(44-33)50-2)35(47-13-6-15-51-16-14-47)46-37(45-34)52-22-38-10-4-7-29(38)48(12-5-11-38)21-23-19-39(42,43)20-23/h1,8-9,17-18,23,29,49H,4-7,10-16,19-22H2,2H3/t29-,38-/m1/s1. The van der Waals surface area contributed by atoms with Crippen LogP contribution in [0.15, 0.2) is 24.3 Å². The Kier molecular flexibility index (Phi) is 9.02. The lowest BCUT2D eigenvalue weighted by molar-refractivity contribution is -0.124. The molecular formula is C39H41F4N5O4. The quantitative estimate of drug-likeness (QED) is 0.151. The number of ether oxygens (including phenoxy) is 3. The summed E-state index contributed by atoms with van der Waals surface area (Å²) in [5, 5.41) is 11.5. The molecule has 4 aromatic rings. The van der Waals surface area contributed by atoms with Crippen LogP contribution in [-0.4, -0.2) is 90.0 Å². The van der Waals surface area contributed by atoms with Crippen LogP contribution in [0.1, 0.15) is 56.9 Å². The molecule has 52 heavy (non-hydrogen) atoms. The Balaban J connectivity index is 1.22. The van der Waals surface area contributed by atoms with Crippen LogP contribution in [0.2, 0.25) is 0 Å². The van der Waals surface area contributed by atoms with Gasteiger partial charge in [0.05, 0.1) is 25.9 Å². The molecule has 2 aliphatic carbocycles. The zero-order valence-corrected chi connectivity index (χ0v) is 29.1. The third-order valence-corrected chi connectivity index (χ3v) is 11.5. The number of methoxy groups -OCH3 is 1. The molecule has 9 nitrogen and oxygen atoms in total. The molecule has 13 heteroatoms. The van der Waals surface area contributed by atoms with E-state index in [9.17, 15) is 18.3 Å². The first-order valence-corrected chi connectivity index (χ1v) is 18.0. The van der Waals surface area contributed by atoms with Crippen LogP contribution in [0, 0.1) is 35.3 Å². The van der Waals surface area contributed by atoms with Crippen LogP contribution in [0.25, 0.3) is 32.9 Å². The number of piperidine rings is 1. The van der Waals surface area contributed by atoms with Crippen LogP contribution in [0.3, 0.4) is 0 Å². The van der Waals surface area contributed by atoms with Gasteiger partial charge in [-0.1, -0.05) is 18.4 Å².